The van der Waals surface area contributed by atoms with Crippen molar-refractivity contribution in [3.05, 3.63) is 35.9 Å². The Hall–Kier alpha value is -1.35. The zero-order valence-electron chi connectivity index (χ0n) is 17.8. The molecule has 4 bridgehead atoms. The number of benzene rings is 1. The Morgan fingerprint density at radius 2 is 1.55 bits per heavy atom. The molecule has 3 nitrogen and oxygen atoms in total. The first-order valence-electron chi connectivity index (χ1n) is 12.1. The Labute approximate surface area is 175 Å². The van der Waals surface area contributed by atoms with Crippen molar-refractivity contribution in [1.29, 1.82) is 0 Å². The highest BCUT2D eigenvalue weighted by Crippen LogP contribution is 2.61. The molecule has 0 N–H and O–H groups in total. The Bertz CT molecular complexity index is 739. The molecule has 2 heterocycles. The number of hydrogen-bond donors (Lipinski definition) is 0. The van der Waals surface area contributed by atoms with E-state index in [2.05, 4.69) is 40.1 Å². The molecule has 0 radical (unpaired) electrons. The number of hydrogen-bond acceptors (Lipinski definition) is 2. The molecule has 1 amide bonds. The average molecular weight is 393 g/mol. The van der Waals surface area contributed by atoms with E-state index in [1.807, 2.05) is 0 Å². The van der Waals surface area contributed by atoms with Crippen LogP contribution in [0, 0.1) is 28.6 Å². The van der Waals surface area contributed by atoms with Gasteiger partial charge in [0, 0.05) is 38.0 Å². The van der Waals surface area contributed by atoms with Gasteiger partial charge in [0.1, 0.15) is 0 Å². The number of carbonyl (C=O) groups is 1. The first kappa shape index (κ1) is 18.4. The fourth-order valence-corrected chi connectivity index (χ4v) is 8.42. The van der Waals surface area contributed by atoms with Gasteiger partial charge in [-0.25, -0.2) is 0 Å². The van der Waals surface area contributed by atoms with E-state index in [1.165, 1.54) is 70.0 Å². The lowest BCUT2D eigenvalue weighted by atomic mass is 9.49. The van der Waals surface area contributed by atoms with Gasteiger partial charge in [-0.05, 0) is 86.6 Å². The van der Waals surface area contributed by atoms with E-state index < -0.39 is 0 Å². The van der Waals surface area contributed by atoms with Crippen LogP contribution in [0.4, 0.5) is 0 Å². The van der Waals surface area contributed by atoms with E-state index in [-0.39, 0.29) is 0 Å². The van der Waals surface area contributed by atoms with Crippen molar-refractivity contribution in [2.75, 3.05) is 26.2 Å². The third kappa shape index (κ3) is 3.44. The molecular weight excluding hydrogens is 356 g/mol. The Kier molecular flexibility index (Phi) is 4.34. The van der Waals surface area contributed by atoms with Crippen molar-refractivity contribution in [3.8, 4) is 0 Å². The van der Waals surface area contributed by atoms with Gasteiger partial charge in [0.05, 0.1) is 0 Å². The molecule has 156 valence electrons. The lowest BCUT2D eigenvalue weighted by molar-refractivity contribution is -0.138. The van der Waals surface area contributed by atoms with Gasteiger partial charge in [-0.3, -0.25) is 9.69 Å². The Morgan fingerprint density at radius 3 is 2.24 bits per heavy atom. The lowest BCUT2D eigenvalue weighted by Gasteiger charge is -2.57. The van der Waals surface area contributed by atoms with Crippen molar-refractivity contribution in [3.63, 3.8) is 0 Å². The van der Waals surface area contributed by atoms with Gasteiger partial charge < -0.3 is 4.90 Å². The zero-order valence-corrected chi connectivity index (χ0v) is 17.8. The summed E-state index contributed by atoms with van der Waals surface area (Å²) in [5.74, 6) is 3.33. The lowest BCUT2D eigenvalue weighted by Crippen LogP contribution is -2.48. The molecule has 1 atom stereocenters. The van der Waals surface area contributed by atoms with Crippen LogP contribution in [0.15, 0.2) is 30.3 Å². The van der Waals surface area contributed by atoms with Crippen LogP contribution in [0.2, 0.25) is 0 Å². The second-order valence-electron chi connectivity index (χ2n) is 11.6. The van der Waals surface area contributed by atoms with E-state index in [1.54, 1.807) is 0 Å². The maximum Gasteiger partial charge on any atom is 0.223 e. The summed E-state index contributed by atoms with van der Waals surface area (Å²) in [6.45, 7) is 5.44. The molecule has 4 aliphatic carbocycles. The van der Waals surface area contributed by atoms with Crippen LogP contribution in [0.3, 0.4) is 0 Å². The van der Waals surface area contributed by atoms with Crippen molar-refractivity contribution >= 4 is 5.91 Å². The van der Waals surface area contributed by atoms with Gasteiger partial charge in [-0.15, -0.1) is 0 Å². The Morgan fingerprint density at radius 1 is 0.897 bits per heavy atom. The standard InChI is InChI=1S/C26H36N2O/c29-24(16-26-13-21-10-22(14-26)12-23(11-21)15-26)28-9-7-25(19-28)6-8-27(18-25)17-20-4-2-1-3-5-20/h1-5,21-23H,6-19H2. The minimum atomic E-state index is 0.367. The fraction of sp³-hybridized carbons (Fsp3) is 0.731. The van der Waals surface area contributed by atoms with Gasteiger partial charge in [0.15, 0.2) is 0 Å². The molecular formula is C26H36N2O. The second kappa shape index (κ2) is 6.83. The molecule has 1 aromatic rings. The third-order valence-corrected chi connectivity index (χ3v) is 9.25. The number of nitrogens with zero attached hydrogens (tertiary/aromatic N) is 2. The van der Waals surface area contributed by atoms with Crippen LogP contribution < -0.4 is 0 Å². The van der Waals surface area contributed by atoms with Crippen molar-refractivity contribution < 1.29 is 4.79 Å². The topological polar surface area (TPSA) is 23.6 Å². The zero-order chi connectivity index (χ0) is 19.5. The van der Waals surface area contributed by atoms with E-state index >= 15 is 0 Å². The summed E-state index contributed by atoms with van der Waals surface area (Å²) in [6.07, 6.45) is 11.8. The van der Waals surface area contributed by atoms with Crippen LogP contribution in [-0.2, 0) is 11.3 Å². The molecule has 6 aliphatic rings. The predicted octanol–water partition coefficient (Wildman–Crippen LogP) is 4.72. The summed E-state index contributed by atoms with van der Waals surface area (Å²) in [7, 11) is 0. The largest absolute Gasteiger partial charge is 0.342 e. The normalized spacial score (nSPS) is 41.0. The minimum absolute atomic E-state index is 0.367. The molecule has 0 aromatic heterocycles. The molecule has 2 saturated heterocycles. The average Bonchev–Trinajstić information content (AvgIpc) is 3.28. The van der Waals surface area contributed by atoms with Gasteiger partial charge in [-0.2, -0.15) is 0 Å². The van der Waals surface area contributed by atoms with Crippen LogP contribution in [-0.4, -0.2) is 41.9 Å². The first-order chi connectivity index (χ1) is 14.1. The summed E-state index contributed by atoms with van der Waals surface area (Å²) in [5, 5.41) is 0. The maximum absolute atomic E-state index is 13.4. The molecule has 29 heavy (non-hydrogen) atoms. The number of carbonyl (C=O) groups excluding carboxylic acids is 1. The highest BCUT2D eigenvalue weighted by atomic mass is 16.2. The predicted molar refractivity (Wildman–Crippen MR) is 115 cm³/mol. The van der Waals surface area contributed by atoms with E-state index in [0.29, 0.717) is 16.7 Å². The summed E-state index contributed by atoms with van der Waals surface area (Å²) in [4.78, 5) is 18.2. The Balaban J connectivity index is 1.07. The number of likely N-dealkylation sites (tertiary alicyclic amines) is 2. The molecule has 1 unspecified atom stereocenters. The van der Waals surface area contributed by atoms with Gasteiger partial charge >= 0.3 is 0 Å². The highest BCUT2D eigenvalue weighted by molar-refractivity contribution is 5.77. The molecule has 4 saturated carbocycles. The molecule has 1 spiro atoms. The minimum Gasteiger partial charge on any atom is -0.342 e. The van der Waals surface area contributed by atoms with E-state index in [9.17, 15) is 4.79 Å². The van der Waals surface area contributed by atoms with Crippen LogP contribution in [0.5, 0.6) is 0 Å². The summed E-state index contributed by atoms with van der Waals surface area (Å²) < 4.78 is 0. The van der Waals surface area contributed by atoms with E-state index in [4.69, 9.17) is 0 Å². The van der Waals surface area contributed by atoms with Crippen LogP contribution in [0.25, 0.3) is 0 Å². The summed E-state index contributed by atoms with van der Waals surface area (Å²) in [6, 6.07) is 10.9. The van der Waals surface area contributed by atoms with Crippen molar-refractivity contribution in [1.82, 2.24) is 9.80 Å². The van der Waals surface area contributed by atoms with E-state index in [0.717, 1.165) is 43.8 Å². The molecule has 6 fully saturated rings. The molecule has 3 heteroatoms. The maximum atomic E-state index is 13.4. The second-order valence-corrected chi connectivity index (χ2v) is 11.6. The highest BCUT2D eigenvalue weighted by Gasteiger charge is 2.52. The van der Waals surface area contributed by atoms with Crippen LogP contribution in [0.1, 0.15) is 63.4 Å². The first-order valence-corrected chi connectivity index (χ1v) is 12.1. The van der Waals surface area contributed by atoms with Crippen LogP contribution >= 0.6 is 0 Å². The third-order valence-electron chi connectivity index (χ3n) is 9.25. The van der Waals surface area contributed by atoms with Gasteiger partial charge in [0.2, 0.25) is 5.91 Å². The van der Waals surface area contributed by atoms with Gasteiger partial charge in [-0.1, -0.05) is 30.3 Å². The summed E-state index contributed by atoms with van der Waals surface area (Å²) >= 11 is 0. The molecule has 1 aromatic carbocycles. The smallest absolute Gasteiger partial charge is 0.223 e. The number of amides is 1. The summed E-state index contributed by atoms with van der Waals surface area (Å²) in [5.41, 5.74) is 2.17. The number of rotatable bonds is 4. The molecule has 2 aliphatic heterocycles. The quantitative estimate of drug-likeness (QED) is 0.740. The van der Waals surface area contributed by atoms with Crippen molar-refractivity contribution in [2.24, 2.45) is 28.6 Å². The SMILES string of the molecule is O=C(CC12CC3CC(CC(C3)C1)C2)N1CCC2(CCN(Cc3ccccc3)C2)C1. The molecule has 7 rings (SSSR count). The monoisotopic (exact) mass is 392 g/mol. The fourth-order valence-electron chi connectivity index (χ4n) is 8.42. The van der Waals surface area contributed by atoms with Crippen molar-refractivity contribution in [2.45, 2.75) is 64.3 Å². The van der Waals surface area contributed by atoms with Gasteiger partial charge in [0.25, 0.3) is 0 Å².